The van der Waals surface area contributed by atoms with Crippen LogP contribution in [0.25, 0.3) is 0 Å². The molecule has 0 spiro atoms. The Morgan fingerprint density at radius 2 is 1.65 bits per heavy atom. The number of allylic oxidation sites excluding steroid dienone is 3. The molecule has 0 saturated heterocycles. The van der Waals surface area contributed by atoms with Crippen molar-refractivity contribution >= 4 is 5.97 Å². The largest absolute Gasteiger partial charge is 0.481 e. The van der Waals surface area contributed by atoms with Gasteiger partial charge in [0.2, 0.25) is 0 Å². The van der Waals surface area contributed by atoms with E-state index in [0.717, 1.165) is 64.2 Å². The number of carboxylic acids is 1. The summed E-state index contributed by atoms with van der Waals surface area (Å²) in [7, 11) is 0. The van der Waals surface area contributed by atoms with Gasteiger partial charge < -0.3 is 10.2 Å². The number of hydrogen-bond donors (Lipinski definition) is 2. The fraction of sp³-hybridized carbons (Fsp3) is 0.645. The van der Waals surface area contributed by atoms with Crippen LogP contribution in [0.3, 0.4) is 0 Å². The van der Waals surface area contributed by atoms with Gasteiger partial charge >= 0.3 is 5.97 Å². The molecule has 3 nitrogen and oxygen atoms in total. The smallest absolute Gasteiger partial charge is 0.303 e. The van der Waals surface area contributed by atoms with Crippen LogP contribution in [-0.2, 0) is 11.2 Å². The van der Waals surface area contributed by atoms with E-state index in [1.165, 1.54) is 30.4 Å². The molecule has 0 saturated carbocycles. The zero-order valence-electron chi connectivity index (χ0n) is 22.1. The van der Waals surface area contributed by atoms with Crippen molar-refractivity contribution in [2.45, 2.75) is 117 Å². The maximum absolute atomic E-state index is 11.0. The predicted molar refractivity (Wildman–Crippen MR) is 145 cm³/mol. The molecule has 0 aromatic heterocycles. The number of aliphatic carboxylic acids is 1. The van der Waals surface area contributed by atoms with Crippen LogP contribution in [0.2, 0.25) is 0 Å². The molecule has 0 radical (unpaired) electrons. The van der Waals surface area contributed by atoms with Gasteiger partial charge in [0.1, 0.15) is 0 Å². The number of carbonyl (C=O) groups is 1. The Bertz CT molecular complexity index is 690. The second-order valence-corrected chi connectivity index (χ2v) is 10.2. The first-order valence-electron chi connectivity index (χ1n) is 13.7. The Morgan fingerprint density at radius 3 is 2.32 bits per heavy atom. The van der Waals surface area contributed by atoms with Gasteiger partial charge in [-0.25, -0.2) is 0 Å². The lowest BCUT2D eigenvalue weighted by Crippen LogP contribution is -2.06. The van der Waals surface area contributed by atoms with Crippen LogP contribution in [0.1, 0.15) is 110 Å². The zero-order chi connectivity index (χ0) is 25.0. The van der Waals surface area contributed by atoms with E-state index in [4.69, 9.17) is 5.11 Å². The molecule has 0 amide bonds. The van der Waals surface area contributed by atoms with Gasteiger partial charge in [0, 0.05) is 6.42 Å². The van der Waals surface area contributed by atoms with Crippen molar-refractivity contribution in [3.8, 4) is 0 Å². The number of rotatable bonds is 20. The second kappa shape index (κ2) is 19.4. The van der Waals surface area contributed by atoms with Crippen molar-refractivity contribution in [3.63, 3.8) is 0 Å². The molecule has 0 fully saturated rings. The van der Waals surface area contributed by atoms with Gasteiger partial charge in [-0.3, -0.25) is 4.79 Å². The fourth-order valence-electron chi connectivity index (χ4n) is 4.32. The summed E-state index contributed by atoms with van der Waals surface area (Å²) in [4.78, 5) is 11.0. The summed E-state index contributed by atoms with van der Waals surface area (Å²) in [5, 5.41) is 19.4. The Hall–Kier alpha value is -1.87. The average Bonchev–Trinajstić information content (AvgIpc) is 2.81. The monoisotopic (exact) mass is 470 g/mol. The molecular weight excluding hydrogens is 420 g/mol. The molecule has 192 valence electrons. The highest BCUT2D eigenvalue weighted by Gasteiger charge is 2.11. The number of carboxylic acid groups (broad SMARTS) is 1. The maximum Gasteiger partial charge on any atom is 0.303 e. The molecule has 3 heteroatoms. The van der Waals surface area contributed by atoms with Gasteiger partial charge in [-0.15, -0.1) is 0 Å². The Kier molecular flexibility index (Phi) is 17.2. The first-order valence-corrected chi connectivity index (χ1v) is 13.7. The third-order valence-electron chi connectivity index (χ3n) is 6.57. The van der Waals surface area contributed by atoms with Crippen LogP contribution in [0, 0.1) is 11.8 Å². The Labute approximate surface area is 209 Å². The molecule has 2 atom stereocenters. The summed E-state index contributed by atoms with van der Waals surface area (Å²) >= 11 is 0. The standard InChI is InChI=1S/C31H50O3/c1-4-5-8-17-30(32)24-22-29(21-20-27-13-9-6-10-14-27)16-12-7-11-15-28(19-18-26(2)3)23-25-31(33)34/h6,9-10,13-14,16,22,24,26,28,30,32H,4-5,7-8,11-12,15,17-21,23,25H2,1-3H3,(H,33,34). The lowest BCUT2D eigenvalue weighted by molar-refractivity contribution is -0.137. The first-order chi connectivity index (χ1) is 16.4. The van der Waals surface area contributed by atoms with Gasteiger partial charge in [0.25, 0.3) is 0 Å². The van der Waals surface area contributed by atoms with E-state index in [2.05, 4.69) is 63.3 Å². The van der Waals surface area contributed by atoms with Crippen molar-refractivity contribution in [2.24, 2.45) is 11.8 Å². The van der Waals surface area contributed by atoms with E-state index in [1.54, 1.807) is 0 Å². The van der Waals surface area contributed by atoms with Crippen molar-refractivity contribution in [2.75, 3.05) is 0 Å². The molecule has 0 aliphatic carbocycles. The van der Waals surface area contributed by atoms with E-state index in [9.17, 15) is 9.90 Å². The molecule has 2 N–H and O–H groups in total. The minimum atomic E-state index is -0.677. The molecular formula is C31H50O3. The number of unbranched alkanes of at least 4 members (excludes halogenated alkanes) is 4. The van der Waals surface area contributed by atoms with E-state index >= 15 is 0 Å². The quantitative estimate of drug-likeness (QED) is 0.148. The van der Waals surface area contributed by atoms with E-state index in [-0.39, 0.29) is 12.5 Å². The van der Waals surface area contributed by atoms with Gasteiger partial charge in [0.05, 0.1) is 6.10 Å². The molecule has 0 bridgehead atoms. The summed E-state index contributed by atoms with van der Waals surface area (Å²) in [6, 6.07) is 10.6. The van der Waals surface area contributed by atoms with Crippen molar-refractivity contribution in [3.05, 3.63) is 59.7 Å². The number of aryl methyl sites for hydroxylation is 1. The minimum absolute atomic E-state index is 0.289. The van der Waals surface area contributed by atoms with Crippen molar-refractivity contribution in [1.29, 1.82) is 0 Å². The van der Waals surface area contributed by atoms with Crippen LogP contribution in [0.5, 0.6) is 0 Å². The van der Waals surface area contributed by atoms with Crippen LogP contribution in [0.15, 0.2) is 54.1 Å². The lowest BCUT2D eigenvalue weighted by Gasteiger charge is -2.17. The summed E-state index contributed by atoms with van der Waals surface area (Å²) in [5.41, 5.74) is 2.65. The maximum atomic E-state index is 11.0. The van der Waals surface area contributed by atoms with E-state index in [0.29, 0.717) is 11.8 Å². The summed E-state index contributed by atoms with van der Waals surface area (Å²) in [6.07, 6.45) is 20.2. The second-order valence-electron chi connectivity index (χ2n) is 10.2. The normalized spacial score (nSPS) is 14.1. The van der Waals surface area contributed by atoms with Gasteiger partial charge in [0.15, 0.2) is 0 Å². The van der Waals surface area contributed by atoms with Crippen LogP contribution >= 0.6 is 0 Å². The predicted octanol–water partition coefficient (Wildman–Crippen LogP) is 8.52. The summed E-state index contributed by atoms with van der Waals surface area (Å²) < 4.78 is 0. The third kappa shape index (κ3) is 16.7. The zero-order valence-corrected chi connectivity index (χ0v) is 22.1. The molecule has 34 heavy (non-hydrogen) atoms. The number of benzene rings is 1. The van der Waals surface area contributed by atoms with Crippen LogP contribution in [-0.4, -0.2) is 22.3 Å². The molecule has 1 rings (SSSR count). The van der Waals surface area contributed by atoms with Crippen molar-refractivity contribution in [1.82, 2.24) is 0 Å². The van der Waals surface area contributed by atoms with Gasteiger partial charge in [-0.2, -0.15) is 0 Å². The van der Waals surface area contributed by atoms with Crippen LogP contribution in [0.4, 0.5) is 0 Å². The molecule has 0 heterocycles. The molecule has 1 aromatic carbocycles. The summed E-state index contributed by atoms with van der Waals surface area (Å²) in [6.45, 7) is 6.67. The highest BCUT2D eigenvalue weighted by molar-refractivity contribution is 5.66. The summed E-state index contributed by atoms with van der Waals surface area (Å²) in [5.74, 6) is 0.522. The minimum Gasteiger partial charge on any atom is -0.481 e. The third-order valence-corrected chi connectivity index (χ3v) is 6.57. The Morgan fingerprint density at radius 1 is 0.912 bits per heavy atom. The number of aliphatic hydroxyl groups is 1. The molecule has 0 aliphatic heterocycles. The highest BCUT2D eigenvalue weighted by atomic mass is 16.4. The van der Waals surface area contributed by atoms with E-state index in [1.807, 2.05) is 6.08 Å². The highest BCUT2D eigenvalue weighted by Crippen LogP contribution is 2.24. The van der Waals surface area contributed by atoms with Crippen LogP contribution < -0.4 is 0 Å². The van der Waals surface area contributed by atoms with Gasteiger partial charge in [-0.1, -0.05) is 120 Å². The first kappa shape index (κ1) is 30.2. The molecule has 0 aliphatic rings. The van der Waals surface area contributed by atoms with Crippen molar-refractivity contribution < 1.29 is 15.0 Å². The van der Waals surface area contributed by atoms with E-state index < -0.39 is 5.97 Å². The topological polar surface area (TPSA) is 57.5 Å². The Balaban J connectivity index is 2.58. The lowest BCUT2D eigenvalue weighted by atomic mass is 9.89. The van der Waals surface area contributed by atoms with Gasteiger partial charge in [-0.05, 0) is 55.9 Å². The molecule has 2 unspecified atom stereocenters. The SMILES string of the molecule is CCCCCC(O)C=CC(=CCCCCC(CCC(=O)O)CCC(C)C)CCc1ccccc1. The fourth-order valence-corrected chi connectivity index (χ4v) is 4.32. The number of hydrogen-bond acceptors (Lipinski definition) is 2. The average molecular weight is 471 g/mol. The number of aliphatic hydroxyl groups excluding tert-OH is 1. The molecule has 1 aromatic rings.